The number of halogens is 8. The number of benzene rings is 3. The molecule has 1 unspecified atom stereocenters. The highest BCUT2D eigenvalue weighted by Gasteiger charge is 2.71. The summed E-state index contributed by atoms with van der Waals surface area (Å²) in [5.41, 5.74) is -5.55. The van der Waals surface area contributed by atoms with Crippen molar-refractivity contribution >= 4 is 21.4 Å². The van der Waals surface area contributed by atoms with Gasteiger partial charge >= 0.3 is 19.0 Å². The van der Waals surface area contributed by atoms with Crippen LogP contribution in [0.25, 0.3) is 0 Å². The molecule has 1 heterocycles. The highest BCUT2D eigenvalue weighted by Crippen LogP contribution is 2.50. The second-order valence-electron chi connectivity index (χ2n) is 11.3. The van der Waals surface area contributed by atoms with Crippen molar-refractivity contribution in [1.82, 2.24) is 5.32 Å². The minimum absolute atomic E-state index is 0.0237. The quantitative estimate of drug-likeness (QED) is 0.196. The molecule has 50 heavy (non-hydrogen) atoms. The van der Waals surface area contributed by atoms with E-state index in [2.05, 4.69) is 10.1 Å². The van der Waals surface area contributed by atoms with Crippen LogP contribution in [0.4, 0.5) is 40.8 Å². The van der Waals surface area contributed by atoms with Gasteiger partial charge in [0, 0.05) is 23.2 Å². The van der Waals surface area contributed by atoms with Gasteiger partial charge in [0.05, 0.1) is 42.5 Å². The summed E-state index contributed by atoms with van der Waals surface area (Å²) in [4.78, 5) is 14.7. The van der Waals surface area contributed by atoms with Crippen molar-refractivity contribution in [2.75, 3.05) is 30.4 Å². The first-order valence-electron chi connectivity index (χ1n) is 14.9. The van der Waals surface area contributed by atoms with E-state index in [-0.39, 0.29) is 34.9 Å². The van der Waals surface area contributed by atoms with Crippen LogP contribution >= 0.6 is 0 Å². The summed E-state index contributed by atoms with van der Waals surface area (Å²) in [6.07, 6.45) is -12.9. The molecule has 0 aliphatic carbocycles. The van der Waals surface area contributed by atoms with E-state index in [0.717, 1.165) is 12.1 Å². The van der Waals surface area contributed by atoms with Gasteiger partial charge in [0.15, 0.2) is 9.84 Å². The molecule has 1 saturated heterocycles. The molecule has 4 rings (SSSR count). The fraction of sp³-hybridized carbons (Fsp3) is 0.406. The Balaban J connectivity index is 1.47. The van der Waals surface area contributed by atoms with E-state index in [9.17, 15) is 58.5 Å². The second kappa shape index (κ2) is 15.1. The van der Waals surface area contributed by atoms with E-state index < -0.39 is 77.3 Å². The van der Waals surface area contributed by atoms with E-state index in [4.69, 9.17) is 4.74 Å². The number of nitrogens with zero attached hydrogens (tertiary/aromatic N) is 1. The standard InChI is InChI=1S/C32H32F8N2O7S/c1-2-50(46,47)26-13-5-19(6-14-26)27(17-43)41-28(44)20-3-9-22(10-4-20)42-16-25(15-23(42)18-48-29(33)34)49-24-11-7-21(8-12-24)30(45,31(35,36)37)32(38,39)40/h3-14,23,25,27,29,43,45H,2,15-18H2,1H3,(H,41,44)/t23-,25?,27-/m0/s1. The molecule has 0 aromatic heterocycles. The number of carbonyl (C=O) groups excluding carboxylic acids is 1. The van der Waals surface area contributed by atoms with Crippen LogP contribution in [0.1, 0.15) is 40.9 Å². The number of alkyl halides is 8. The van der Waals surface area contributed by atoms with Crippen LogP contribution < -0.4 is 15.0 Å². The Labute approximate surface area is 281 Å². The number of nitrogens with one attached hydrogen (secondary N) is 1. The van der Waals surface area contributed by atoms with E-state index in [1.54, 1.807) is 4.90 Å². The zero-order chi connectivity index (χ0) is 37.1. The number of ether oxygens (including phenoxy) is 2. The maximum absolute atomic E-state index is 13.2. The maximum Gasteiger partial charge on any atom is 0.430 e. The predicted octanol–water partition coefficient (Wildman–Crippen LogP) is 5.52. The molecular weight excluding hydrogens is 708 g/mol. The van der Waals surface area contributed by atoms with Crippen molar-refractivity contribution < 1.29 is 68.0 Å². The third-order valence-electron chi connectivity index (χ3n) is 8.16. The van der Waals surface area contributed by atoms with Crippen molar-refractivity contribution in [3.63, 3.8) is 0 Å². The number of carbonyl (C=O) groups is 1. The van der Waals surface area contributed by atoms with Crippen LogP contribution in [0.15, 0.2) is 77.7 Å². The molecule has 1 aliphatic heterocycles. The van der Waals surface area contributed by atoms with E-state index in [1.165, 1.54) is 55.5 Å². The van der Waals surface area contributed by atoms with Gasteiger partial charge in [-0.2, -0.15) is 35.1 Å². The van der Waals surface area contributed by atoms with Crippen LogP contribution in [0.3, 0.4) is 0 Å². The van der Waals surface area contributed by atoms with Crippen molar-refractivity contribution in [2.45, 2.75) is 61.0 Å². The molecule has 0 radical (unpaired) electrons. The molecule has 3 atom stereocenters. The fourth-order valence-corrected chi connectivity index (χ4v) is 6.31. The highest BCUT2D eigenvalue weighted by atomic mass is 32.2. The monoisotopic (exact) mass is 740 g/mol. The van der Waals surface area contributed by atoms with Crippen LogP contribution in [0, 0.1) is 0 Å². The van der Waals surface area contributed by atoms with Gasteiger partial charge in [-0.05, 0) is 54.1 Å². The molecule has 274 valence electrons. The smallest absolute Gasteiger partial charge is 0.430 e. The van der Waals surface area contributed by atoms with Gasteiger partial charge in [0.2, 0.25) is 0 Å². The molecule has 0 spiro atoms. The maximum atomic E-state index is 13.2. The average Bonchev–Trinajstić information content (AvgIpc) is 3.47. The molecule has 18 heteroatoms. The SMILES string of the molecule is CCS(=O)(=O)c1ccc([C@H](CO)NC(=O)c2ccc(N3CC(Oc4ccc(C(O)(C(F)(F)F)C(F)(F)F)cc4)C[C@H]3COC(F)F)cc2)cc1. The molecular formula is C32H32F8N2O7S. The van der Waals surface area contributed by atoms with Crippen LogP contribution in [0.5, 0.6) is 5.75 Å². The van der Waals surface area contributed by atoms with E-state index >= 15 is 0 Å². The lowest BCUT2D eigenvalue weighted by Crippen LogP contribution is -2.53. The summed E-state index contributed by atoms with van der Waals surface area (Å²) in [5.74, 6) is -0.837. The fourth-order valence-electron chi connectivity index (χ4n) is 5.43. The lowest BCUT2D eigenvalue weighted by molar-refractivity contribution is -0.376. The molecule has 3 aromatic rings. The number of sulfone groups is 1. The number of aliphatic hydroxyl groups excluding tert-OH is 1. The molecule has 3 N–H and O–H groups in total. The van der Waals surface area contributed by atoms with Gasteiger partial charge in [-0.15, -0.1) is 0 Å². The second-order valence-corrected chi connectivity index (χ2v) is 13.6. The van der Waals surface area contributed by atoms with Gasteiger partial charge in [-0.1, -0.05) is 31.2 Å². The number of rotatable bonds is 13. The minimum Gasteiger partial charge on any atom is -0.489 e. The van der Waals surface area contributed by atoms with Crippen molar-refractivity contribution in [3.05, 3.63) is 89.5 Å². The Hall–Kier alpha value is -4.00. The molecule has 1 aliphatic rings. The Morgan fingerprint density at radius 1 is 0.940 bits per heavy atom. The average molecular weight is 741 g/mol. The molecule has 1 fully saturated rings. The van der Waals surface area contributed by atoms with Crippen LogP contribution in [-0.4, -0.2) is 81.2 Å². The van der Waals surface area contributed by atoms with Crippen molar-refractivity contribution in [1.29, 1.82) is 0 Å². The molecule has 1 amide bonds. The largest absolute Gasteiger partial charge is 0.489 e. The van der Waals surface area contributed by atoms with Gasteiger partial charge in [0.1, 0.15) is 11.9 Å². The lowest BCUT2D eigenvalue weighted by Gasteiger charge is -2.32. The third-order valence-corrected chi connectivity index (χ3v) is 9.91. The Bertz CT molecular complexity index is 1690. The first-order valence-corrected chi connectivity index (χ1v) is 16.6. The lowest BCUT2D eigenvalue weighted by atomic mass is 9.92. The summed E-state index contributed by atoms with van der Waals surface area (Å²) >= 11 is 0. The van der Waals surface area contributed by atoms with Gasteiger partial charge in [-0.25, -0.2) is 8.42 Å². The van der Waals surface area contributed by atoms with Gasteiger partial charge in [-0.3, -0.25) is 4.79 Å². The topological polar surface area (TPSA) is 125 Å². The van der Waals surface area contributed by atoms with Crippen LogP contribution in [0.2, 0.25) is 0 Å². The number of aliphatic hydroxyl groups is 2. The number of hydrogen-bond donors (Lipinski definition) is 3. The highest BCUT2D eigenvalue weighted by molar-refractivity contribution is 7.91. The molecule has 3 aromatic carbocycles. The predicted molar refractivity (Wildman–Crippen MR) is 162 cm³/mol. The summed E-state index contributed by atoms with van der Waals surface area (Å²) in [6, 6.07) is 12.5. The Morgan fingerprint density at radius 3 is 2.02 bits per heavy atom. The van der Waals surface area contributed by atoms with Gasteiger partial charge < -0.3 is 29.9 Å². The van der Waals surface area contributed by atoms with E-state index in [1.807, 2.05) is 0 Å². The summed E-state index contributed by atoms with van der Waals surface area (Å²) in [7, 11) is -3.45. The third kappa shape index (κ3) is 8.47. The molecule has 0 saturated carbocycles. The summed E-state index contributed by atoms with van der Waals surface area (Å²) in [6.45, 7) is -2.56. The van der Waals surface area contributed by atoms with Crippen molar-refractivity contribution in [2.24, 2.45) is 0 Å². The zero-order valence-corrected chi connectivity index (χ0v) is 26.9. The van der Waals surface area contributed by atoms with E-state index in [0.29, 0.717) is 23.4 Å². The number of amides is 1. The minimum atomic E-state index is -6.07. The summed E-state index contributed by atoms with van der Waals surface area (Å²) < 4.78 is 140. The normalized spacial score (nSPS) is 18.0. The Morgan fingerprint density at radius 2 is 1.52 bits per heavy atom. The number of hydrogen-bond acceptors (Lipinski definition) is 8. The summed E-state index contributed by atoms with van der Waals surface area (Å²) in [5, 5.41) is 22.1. The number of anilines is 1. The first-order chi connectivity index (χ1) is 23.3. The van der Waals surface area contributed by atoms with Gasteiger partial charge in [0.25, 0.3) is 11.5 Å². The first kappa shape index (κ1) is 38.8. The van der Waals surface area contributed by atoms with Crippen LogP contribution in [-0.2, 0) is 20.2 Å². The zero-order valence-electron chi connectivity index (χ0n) is 26.1. The Kier molecular flexibility index (Phi) is 11.7. The van der Waals surface area contributed by atoms with Crippen molar-refractivity contribution in [3.8, 4) is 5.75 Å². The molecule has 9 nitrogen and oxygen atoms in total. The molecule has 0 bridgehead atoms.